The molecule has 3 fully saturated rings. The van der Waals surface area contributed by atoms with Gasteiger partial charge in [0, 0.05) is 19.0 Å². The van der Waals surface area contributed by atoms with Crippen LogP contribution >= 0.6 is 0 Å². The van der Waals surface area contributed by atoms with Crippen LogP contribution in [-0.2, 0) is 22.8 Å². The lowest BCUT2D eigenvalue weighted by Crippen LogP contribution is -2.42. The average molecular weight is 318 g/mol. The third kappa shape index (κ3) is 2.32. The quantitative estimate of drug-likeness (QED) is 0.858. The minimum Gasteiger partial charge on any atom is -0.469 e. The van der Waals surface area contributed by atoms with Gasteiger partial charge in [0.2, 0.25) is 5.95 Å². The number of methoxy groups -OCH3 is 1. The Morgan fingerprint density at radius 3 is 2.73 bits per heavy atom. The van der Waals surface area contributed by atoms with Gasteiger partial charge in [0.05, 0.1) is 13.0 Å². The van der Waals surface area contributed by atoms with Crippen LogP contribution in [0.1, 0.15) is 25.1 Å². The highest BCUT2D eigenvalue weighted by molar-refractivity contribution is 5.74. The normalized spacial score (nSPS) is 30.0. The molecule has 4 rings (SSSR count). The molecule has 0 aliphatic heterocycles. The predicted octanol–water partition coefficient (Wildman–Crippen LogP) is 1.84. The van der Waals surface area contributed by atoms with Crippen LogP contribution in [0.5, 0.6) is 0 Å². The van der Waals surface area contributed by atoms with Gasteiger partial charge < -0.3 is 10.1 Å². The summed E-state index contributed by atoms with van der Waals surface area (Å²) in [6.45, 7) is 0.396. The number of ether oxygens (including phenoxy) is 1. The zero-order valence-electron chi connectivity index (χ0n) is 12.3. The molecule has 2 bridgehead atoms. The number of hydrogen-bond acceptors (Lipinski definition) is 5. The highest BCUT2D eigenvalue weighted by Gasteiger charge is 2.60. The van der Waals surface area contributed by atoms with Gasteiger partial charge in [-0.3, -0.25) is 4.79 Å². The minimum atomic E-state index is -4.57. The number of fused-ring (bicyclic) bond motifs is 1. The minimum absolute atomic E-state index is 0.0562. The Morgan fingerprint density at radius 1 is 1.50 bits per heavy atom. The molecular formula is C13H17F3N4O2. The first-order chi connectivity index (χ1) is 10.2. The Hall–Kier alpha value is -1.80. The molecule has 3 aliphatic carbocycles. The third-order valence-corrected chi connectivity index (χ3v) is 4.80. The largest absolute Gasteiger partial charge is 0.469 e. The molecule has 1 heterocycles. The van der Waals surface area contributed by atoms with Gasteiger partial charge in [-0.25, -0.2) is 4.68 Å². The third-order valence-electron chi connectivity index (χ3n) is 4.80. The molecule has 1 N–H and O–H groups in total. The Labute approximate surface area is 125 Å². The zero-order chi connectivity index (χ0) is 16.1. The van der Waals surface area contributed by atoms with Crippen molar-refractivity contribution in [1.82, 2.24) is 14.8 Å². The SMILES string of the molecule is COC(=O)C1CC2CC1(CNc1nc(C(F)(F)F)nn1C)C2. The van der Waals surface area contributed by atoms with Crippen LogP contribution in [0.3, 0.4) is 0 Å². The molecule has 6 nitrogen and oxygen atoms in total. The van der Waals surface area contributed by atoms with Gasteiger partial charge >= 0.3 is 12.1 Å². The number of nitrogens with one attached hydrogen (secondary N) is 1. The first kappa shape index (κ1) is 15.1. The number of hydrogen-bond donors (Lipinski definition) is 1. The highest BCUT2D eigenvalue weighted by Crippen LogP contribution is 2.62. The average Bonchev–Trinajstić information content (AvgIpc) is 3.05. The van der Waals surface area contributed by atoms with Crippen LogP contribution in [0.15, 0.2) is 0 Å². The summed E-state index contributed by atoms with van der Waals surface area (Å²) in [5.74, 6) is -1.03. The molecule has 1 atom stereocenters. The van der Waals surface area contributed by atoms with Crippen molar-refractivity contribution in [3.8, 4) is 0 Å². The summed E-state index contributed by atoms with van der Waals surface area (Å²) in [5.41, 5.74) is -0.234. The van der Waals surface area contributed by atoms with Crippen molar-refractivity contribution in [2.45, 2.75) is 25.4 Å². The number of carbonyl (C=O) groups is 1. The number of rotatable bonds is 4. The van der Waals surface area contributed by atoms with Gasteiger partial charge in [-0.05, 0) is 25.2 Å². The van der Waals surface area contributed by atoms with Gasteiger partial charge in [0.15, 0.2) is 0 Å². The van der Waals surface area contributed by atoms with E-state index in [-0.39, 0.29) is 23.3 Å². The maximum Gasteiger partial charge on any atom is 0.453 e. The summed E-state index contributed by atoms with van der Waals surface area (Å²) in [7, 11) is 2.76. The van der Waals surface area contributed by atoms with Crippen molar-refractivity contribution in [3.63, 3.8) is 0 Å². The molecule has 1 unspecified atom stereocenters. The van der Waals surface area contributed by atoms with Crippen LogP contribution in [0.25, 0.3) is 0 Å². The first-order valence-corrected chi connectivity index (χ1v) is 7.05. The van der Waals surface area contributed by atoms with Crippen LogP contribution in [-0.4, -0.2) is 34.4 Å². The standard InChI is InChI=1S/C13H17F3N4O2/c1-20-11(18-10(19-20)13(14,15)16)17-6-12-4-7(5-12)3-8(12)9(21)22-2/h7-8H,3-6H2,1-2H3,(H,17,18,19). The van der Waals surface area contributed by atoms with E-state index in [1.54, 1.807) is 0 Å². The lowest BCUT2D eigenvalue weighted by molar-refractivity contribution is -0.148. The summed E-state index contributed by atoms with van der Waals surface area (Å²) in [6.07, 6.45) is -1.99. The molecule has 122 valence electrons. The number of halogens is 3. The number of esters is 1. The second-order valence-electron chi connectivity index (χ2n) is 6.18. The Bertz CT molecular complexity index is 593. The Morgan fingerprint density at radius 2 is 2.18 bits per heavy atom. The topological polar surface area (TPSA) is 69.0 Å². The van der Waals surface area contributed by atoms with Crippen LogP contribution in [0, 0.1) is 17.3 Å². The van der Waals surface area contributed by atoms with Gasteiger partial charge in [-0.1, -0.05) is 0 Å². The van der Waals surface area contributed by atoms with E-state index in [1.807, 2.05) is 0 Å². The van der Waals surface area contributed by atoms with Crippen molar-refractivity contribution in [2.75, 3.05) is 19.0 Å². The highest BCUT2D eigenvalue weighted by atomic mass is 19.4. The number of aromatic nitrogens is 3. The van der Waals surface area contributed by atoms with Crippen molar-refractivity contribution in [1.29, 1.82) is 0 Å². The lowest BCUT2D eigenvalue weighted by Gasteiger charge is -2.40. The molecule has 1 aromatic heterocycles. The second-order valence-corrected chi connectivity index (χ2v) is 6.18. The van der Waals surface area contributed by atoms with Gasteiger partial charge in [0.1, 0.15) is 0 Å². The summed E-state index contributed by atoms with van der Waals surface area (Å²) in [4.78, 5) is 15.3. The maximum atomic E-state index is 12.6. The fraction of sp³-hybridized carbons (Fsp3) is 0.769. The molecule has 3 saturated carbocycles. The summed E-state index contributed by atoms with van der Waals surface area (Å²) in [5, 5.41) is 6.28. The predicted molar refractivity (Wildman–Crippen MR) is 69.8 cm³/mol. The van der Waals surface area contributed by atoms with Crippen molar-refractivity contribution in [3.05, 3.63) is 5.82 Å². The summed E-state index contributed by atoms with van der Waals surface area (Å²) in [6, 6.07) is 0. The van der Waals surface area contributed by atoms with Crippen LogP contribution < -0.4 is 5.32 Å². The molecule has 0 aromatic carbocycles. The van der Waals surface area contributed by atoms with E-state index in [0.29, 0.717) is 12.5 Å². The van der Waals surface area contributed by atoms with Gasteiger partial charge in [0.25, 0.3) is 5.82 Å². The Kier molecular flexibility index (Phi) is 3.33. The molecule has 3 aliphatic rings. The van der Waals surface area contributed by atoms with Gasteiger partial charge in [-0.2, -0.15) is 18.2 Å². The second kappa shape index (κ2) is 4.85. The van der Waals surface area contributed by atoms with E-state index < -0.39 is 12.0 Å². The Balaban J connectivity index is 1.71. The van der Waals surface area contributed by atoms with E-state index in [1.165, 1.54) is 14.2 Å². The van der Waals surface area contributed by atoms with E-state index >= 15 is 0 Å². The zero-order valence-corrected chi connectivity index (χ0v) is 12.3. The molecular weight excluding hydrogens is 301 g/mol. The first-order valence-electron chi connectivity index (χ1n) is 7.05. The molecule has 1 aromatic rings. The number of carbonyl (C=O) groups excluding carboxylic acids is 1. The molecule has 22 heavy (non-hydrogen) atoms. The number of alkyl halides is 3. The van der Waals surface area contributed by atoms with Crippen LogP contribution in [0.4, 0.5) is 19.1 Å². The summed E-state index contributed by atoms with van der Waals surface area (Å²) >= 11 is 0. The number of anilines is 1. The molecule has 9 heteroatoms. The van der Waals surface area contributed by atoms with Crippen LogP contribution in [0.2, 0.25) is 0 Å². The number of nitrogens with zero attached hydrogens (tertiary/aromatic N) is 3. The van der Waals surface area contributed by atoms with Crippen molar-refractivity contribution in [2.24, 2.45) is 24.3 Å². The van der Waals surface area contributed by atoms with Crippen molar-refractivity contribution >= 4 is 11.9 Å². The van der Waals surface area contributed by atoms with E-state index in [2.05, 4.69) is 15.4 Å². The fourth-order valence-corrected chi connectivity index (χ4v) is 3.79. The summed E-state index contributed by atoms with van der Waals surface area (Å²) < 4.78 is 43.7. The van der Waals surface area contributed by atoms with E-state index in [4.69, 9.17) is 4.74 Å². The lowest BCUT2D eigenvalue weighted by atomic mass is 9.66. The van der Waals surface area contributed by atoms with E-state index in [9.17, 15) is 18.0 Å². The molecule has 0 saturated heterocycles. The fourth-order valence-electron chi connectivity index (χ4n) is 3.79. The molecule has 0 amide bonds. The molecule has 0 radical (unpaired) electrons. The molecule has 0 spiro atoms. The number of aryl methyl sites for hydroxylation is 1. The maximum absolute atomic E-state index is 12.6. The smallest absolute Gasteiger partial charge is 0.453 e. The monoisotopic (exact) mass is 318 g/mol. The van der Waals surface area contributed by atoms with Crippen molar-refractivity contribution < 1.29 is 22.7 Å². The van der Waals surface area contributed by atoms with Gasteiger partial charge in [-0.15, -0.1) is 5.10 Å². The van der Waals surface area contributed by atoms with E-state index in [0.717, 1.165) is 23.9 Å².